The van der Waals surface area contributed by atoms with Gasteiger partial charge in [-0.05, 0) is 103 Å². The number of ether oxygens (including phenoxy) is 5. The Hall–Kier alpha value is -4.62. The van der Waals surface area contributed by atoms with Crippen LogP contribution < -0.4 is 0 Å². The molecule has 0 spiro atoms. The van der Waals surface area contributed by atoms with Crippen LogP contribution in [0.3, 0.4) is 0 Å². The van der Waals surface area contributed by atoms with Crippen LogP contribution in [0.15, 0.2) is 109 Å². The predicted octanol–water partition coefficient (Wildman–Crippen LogP) is 14.7. The molecule has 424 valence electrons. The molecule has 1 heterocycles. The second-order valence-corrected chi connectivity index (χ2v) is 19.2. The Morgan fingerprint density at radius 1 is 0.453 bits per heavy atom. The third-order valence-electron chi connectivity index (χ3n) is 12.3. The molecule has 75 heavy (non-hydrogen) atoms. The highest BCUT2D eigenvalue weighted by Gasteiger charge is 2.50. The number of carbonyl (C=O) groups excluding carboxylic acids is 3. The molecule has 0 aromatic carbocycles. The average molecular weight is 1050 g/mol. The maximum Gasteiger partial charge on any atom is 0.335 e. The van der Waals surface area contributed by atoms with E-state index in [0.717, 1.165) is 122 Å². The van der Waals surface area contributed by atoms with Crippen molar-refractivity contribution in [1.82, 2.24) is 0 Å². The fourth-order valence-electron chi connectivity index (χ4n) is 7.97. The Kier molecular flexibility index (Phi) is 45.8. The standard InChI is InChI=1S/C63H100O12/c1-4-7-10-13-16-19-21-23-25-27-28-30-32-34-36-39-42-45-48-51-57(66)74-61-59(68)58(67)60(62(69)70)75-63(61)72-53-54(73-56(65)50-47-44-41-37-18-15-12-9-6-3)52-71-55(64)49-46-43-40-38-35-33-31-29-26-24-22-20-17-14-11-8-5-2/h7-8,10-11,16-17,19-20,23-26,28,30-31,33-34,36,54,58-61,63,67-68H,4-6,9,12-15,18,21-22,27,29,32,35,37-53H2,1-3H3,(H,69,70)/b10-7-,11-8-,19-16-,20-17-,25-23-,26-24-,30-28-,33-31-,36-34-. The number of hydrogen-bond donors (Lipinski definition) is 3. The fraction of sp³-hybridized carbons (Fsp3) is 0.651. The minimum atomic E-state index is -1.92. The van der Waals surface area contributed by atoms with Crippen LogP contribution in [0.4, 0.5) is 0 Å². The lowest BCUT2D eigenvalue weighted by Gasteiger charge is -2.40. The molecule has 0 aromatic rings. The summed E-state index contributed by atoms with van der Waals surface area (Å²) in [4.78, 5) is 51.0. The zero-order valence-corrected chi connectivity index (χ0v) is 46.5. The maximum absolute atomic E-state index is 13.1. The molecule has 12 heteroatoms. The number of rotatable bonds is 47. The van der Waals surface area contributed by atoms with Gasteiger partial charge in [0.1, 0.15) is 18.8 Å². The van der Waals surface area contributed by atoms with Crippen molar-refractivity contribution in [3.8, 4) is 0 Å². The molecule has 0 bridgehead atoms. The molecule has 0 aromatic heterocycles. The second kappa shape index (κ2) is 50.2. The highest BCUT2D eigenvalue weighted by atomic mass is 16.7. The van der Waals surface area contributed by atoms with Crippen LogP contribution in [0.25, 0.3) is 0 Å². The highest BCUT2D eigenvalue weighted by molar-refractivity contribution is 5.74. The van der Waals surface area contributed by atoms with Crippen molar-refractivity contribution in [2.75, 3.05) is 13.2 Å². The molecule has 0 saturated carbocycles. The Balaban J connectivity index is 2.69. The summed E-state index contributed by atoms with van der Waals surface area (Å²) in [6.45, 7) is 5.69. The van der Waals surface area contributed by atoms with E-state index in [1.165, 1.54) is 32.1 Å². The predicted molar refractivity (Wildman–Crippen MR) is 303 cm³/mol. The van der Waals surface area contributed by atoms with E-state index in [2.05, 4.69) is 130 Å². The van der Waals surface area contributed by atoms with Crippen molar-refractivity contribution in [3.63, 3.8) is 0 Å². The molecule has 3 N–H and O–H groups in total. The summed E-state index contributed by atoms with van der Waals surface area (Å²) in [5.74, 6) is -3.21. The van der Waals surface area contributed by atoms with Crippen molar-refractivity contribution < 1.29 is 58.2 Å². The van der Waals surface area contributed by atoms with E-state index in [1.54, 1.807) is 0 Å². The van der Waals surface area contributed by atoms with E-state index in [-0.39, 0.29) is 25.9 Å². The van der Waals surface area contributed by atoms with Crippen molar-refractivity contribution in [1.29, 1.82) is 0 Å². The Morgan fingerprint density at radius 2 is 0.840 bits per heavy atom. The van der Waals surface area contributed by atoms with Crippen molar-refractivity contribution >= 4 is 23.9 Å². The van der Waals surface area contributed by atoms with Gasteiger partial charge in [-0.3, -0.25) is 14.4 Å². The van der Waals surface area contributed by atoms with Gasteiger partial charge in [-0.2, -0.15) is 0 Å². The van der Waals surface area contributed by atoms with Crippen LogP contribution in [0.2, 0.25) is 0 Å². The molecule has 1 aliphatic heterocycles. The first-order chi connectivity index (χ1) is 36.6. The topological polar surface area (TPSA) is 175 Å². The normalized spacial score (nSPS) is 19.0. The quantitative estimate of drug-likeness (QED) is 0.0228. The summed E-state index contributed by atoms with van der Waals surface area (Å²) in [6, 6.07) is 0. The zero-order valence-electron chi connectivity index (χ0n) is 46.5. The van der Waals surface area contributed by atoms with Gasteiger partial charge in [0, 0.05) is 19.3 Å². The lowest BCUT2D eigenvalue weighted by atomic mass is 9.98. The lowest BCUT2D eigenvalue weighted by molar-refractivity contribution is -0.301. The molecule has 12 nitrogen and oxygen atoms in total. The molecule has 6 unspecified atom stereocenters. The van der Waals surface area contributed by atoms with E-state index in [1.807, 2.05) is 0 Å². The molecule has 0 aliphatic carbocycles. The third-order valence-corrected chi connectivity index (χ3v) is 12.3. The van der Waals surface area contributed by atoms with Gasteiger partial charge in [-0.25, -0.2) is 4.79 Å². The van der Waals surface area contributed by atoms with Crippen LogP contribution in [0.5, 0.6) is 0 Å². The first-order valence-electron chi connectivity index (χ1n) is 28.9. The van der Waals surface area contributed by atoms with Gasteiger partial charge >= 0.3 is 23.9 Å². The van der Waals surface area contributed by atoms with Crippen LogP contribution in [0.1, 0.15) is 213 Å². The molecule has 1 rings (SSSR count). The van der Waals surface area contributed by atoms with Crippen LogP contribution in [0, 0.1) is 0 Å². The summed E-state index contributed by atoms with van der Waals surface area (Å²) in [6.07, 6.45) is 55.0. The Morgan fingerprint density at radius 3 is 1.29 bits per heavy atom. The van der Waals surface area contributed by atoms with Crippen LogP contribution >= 0.6 is 0 Å². The number of aliphatic hydroxyl groups excluding tert-OH is 2. The zero-order chi connectivity index (χ0) is 54.7. The molecule has 1 saturated heterocycles. The van der Waals surface area contributed by atoms with E-state index in [4.69, 9.17) is 23.7 Å². The van der Waals surface area contributed by atoms with Gasteiger partial charge in [-0.15, -0.1) is 0 Å². The Labute approximate surface area is 453 Å². The smallest absolute Gasteiger partial charge is 0.335 e. The first-order valence-corrected chi connectivity index (χ1v) is 28.9. The first kappa shape index (κ1) is 68.4. The molecule has 1 aliphatic rings. The minimum absolute atomic E-state index is 0.0143. The molecule has 0 amide bonds. The Bertz CT molecular complexity index is 1720. The lowest BCUT2D eigenvalue weighted by Crippen LogP contribution is -2.61. The van der Waals surface area contributed by atoms with E-state index < -0.39 is 67.3 Å². The number of unbranched alkanes of at least 4 members (excludes halogenated alkanes) is 15. The summed E-state index contributed by atoms with van der Waals surface area (Å²) in [5, 5.41) is 31.4. The SMILES string of the molecule is CC/C=C\C/C=C\C/C=C\C/C=C\C/C=C\CCCCCC(=O)OC1C(OCC(COC(=O)CCCCCC/C=C\C/C=C\C/C=C\C/C=C\CC)OC(=O)CCCCCCCCCCC)OC(C(=O)O)C(O)C1O. The van der Waals surface area contributed by atoms with Gasteiger partial charge in [0.15, 0.2) is 24.6 Å². The number of carboxylic acid groups (broad SMARTS) is 1. The summed E-state index contributed by atoms with van der Waals surface area (Å²) >= 11 is 0. The number of esters is 3. The van der Waals surface area contributed by atoms with Crippen LogP contribution in [-0.4, -0.2) is 89.2 Å². The summed E-state index contributed by atoms with van der Waals surface area (Å²) in [7, 11) is 0. The number of aliphatic hydroxyl groups is 2. The minimum Gasteiger partial charge on any atom is -0.479 e. The van der Waals surface area contributed by atoms with E-state index >= 15 is 0 Å². The largest absolute Gasteiger partial charge is 0.479 e. The number of hydrogen-bond acceptors (Lipinski definition) is 11. The molecule has 1 fully saturated rings. The number of allylic oxidation sites excluding steroid dienone is 18. The van der Waals surface area contributed by atoms with E-state index in [9.17, 15) is 34.5 Å². The van der Waals surface area contributed by atoms with Gasteiger partial charge < -0.3 is 39.0 Å². The van der Waals surface area contributed by atoms with Crippen molar-refractivity contribution in [2.24, 2.45) is 0 Å². The number of carboxylic acids is 1. The number of aliphatic carboxylic acids is 1. The van der Waals surface area contributed by atoms with E-state index in [0.29, 0.717) is 19.3 Å². The summed E-state index contributed by atoms with van der Waals surface area (Å²) in [5.41, 5.74) is 0. The van der Waals surface area contributed by atoms with Gasteiger partial charge in [-0.1, -0.05) is 201 Å². The molecular formula is C63H100O12. The molecule has 0 radical (unpaired) electrons. The van der Waals surface area contributed by atoms with Crippen molar-refractivity contribution in [2.45, 2.75) is 250 Å². The number of carbonyl (C=O) groups is 4. The van der Waals surface area contributed by atoms with Crippen LogP contribution in [-0.2, 0) is 42.9 Å². The summed E-state index contributed by atoms with van der Waals surface area (Å²) < 4.78 is 28.3. The second-order valence-electron chi connectivity index (χ2n) is 19.2. The van der Waals surface area contributed by atoms with Gasteiger partial charge in [0.2, 0.25) is 0 Å². The molecule has 6 atom stereocenters. The van der Waals surface area contributed by atoms with Gasteiger partial charge in [0.25, 0.3) is 0 Å². The average Bonchev–Trinajstić information content (AvgIpc) is 3.39. The van der Waals surface area contributed by atoms with Gasteiger partial charge in [0.05, 0.1) is 6.61 Å². The maximum atomic E-state index is 13.1. The highest BCUT2D eigenvalue weighted by Crippen LogP contribution is 2.26. The fourth-order valence-corrected chi connectivity index (χ4v) is 7.97. The monoisotopic (exact) mass is 1050 g/mol. The van der Waals surface area contributed by atoms with Crippen molar-refractivity contribution in [3.05, 3.63) is 109 Å². The molecular weight excluding hydrogens is 949 g/mol. The third kappa shape index (κ3) is 40.3.